The van der Waals surface area contributed by atoms with E-state index < -0.39 is 0 Å². The highest BCUT2D eigenvalue weighted by atomic mass is 35.5. The number of piperazine rings is 1. The second-order valence-corrected chi connectivity index (χ2v) is 5.74. The number of benzene rings is 1. The molecule has 1 aromatic rings. The Morgan fingerprint density at radius 2 is 1.91 bits per heavy atom. The third-order valence-electron chi connectivity index (χ3n) is 4.01. The van der Waals surface area contributed by atoms with Gasteiger partial charge < -0.3 is 19.3 Å². The summed E-state index contributed by atoms with van der Waals surface area (Å²) in [6.07, 6.45) is 3.33. The van der Waals surface area contributed by atoms with Crippen LogP contribution in [-0.4, -0.2) is 62.7 Å². The molecule has 0 N–H and O–H groups in total. The number of nitrogens with zero attached hydrogens (tertiary/aromatic N) is 2. The van der Waals surface area contributed by atoms with E-state index >= 15 is 0 Å². The lowest BCUT2D eigenvalue weighted by molar-refractivity contribution is -0.127. The maximum Gasteiger partial charge on any atom is 0.246 e. The van der Waals surface area contributed by atoms with Crippen molar-refractivity contribution in [2.75, 3.05) is 46.9 Å². The molecule has 1 aliphatic rings. The van der Waals surface area contributed by atoms with E-state index in [0.717, 1.165) is 38.3 Å². The number of ether oxygens (including phenoxy) is 2. The van der Waals surface area contributed by atoms with E-state index in [1.807, 2.05) is 4.90 Å². The first-order valence-corrected chi connectivity index (χ1v) is 8.07. The molecule has 1 aromatic carbocycles. The van der Waals surface area contributed by atoms with Crippen molar-refractivity contribution in [1.29, 1.82) is 0 Å². The molecule has 23 heavy (non-hydrogen) atoms. The number of halogens is 1. The molecule has 0 aliphatic carbocycles. The highest BCUT2D eigenvalue weighted by Gasteiger charge is 2.18. The van der Waals surface area contributed by atoms with Crippen LogP contribution in [-0.2, 0) is 4.79 Å². The van der Waals surface area contributed by atoms with Crippen LogP contribution in [0.25, 0.3) is 6.08 Å². The molecule has 0 bridgehead atoms. The number of rotatable bonds is 5. The quantitative estimate of drug-likeness (QED) is 0.774. The highest BCUT2D eigenvalue weighted by molar-refractivity contribution is 6.32. The molecule has 0 atom stereocenters. The van der Waals surface area contributed by atoms with Crippen molar-refractivity contribution >= 4 is 23.6 Å². The van der Waals surface area contributed by atoms with Crippen LogP contribution in [0.1, 0.15) is 12.5 Å². The lowest BCUT2D eigenvalue weighted by Crippen LogP contribution is -2.48. The molecule has 2 rings (SSSR count). The van der Waals surface area contributed by atoms with Gasteiger partial charge in [0.15, 0.2) is 11.5 Å². The summed E-state index contributed by atoms with van der Waals surface area (Å²) in [5.74, 6) is 1.06. The minimum Gasteiger partial charge on any atom is -0.493 e. The van der Waals surface area contributed by atoms with E-state index in [0.29, 0.717) is 16.5 Å². The number of carbonyl (C=O) groups is 1. The third kappa shape index (κ3) is 4.39. The average Bonchev–Trinajstić information content (AvgIpc) is 2.59. The van der Waals surface area contributed by atoms with Crippen molar-refractivity contribution in [2.45, 2.75) is 6.92 Å². The molecule has 0 saturated carbocycles. The van der Waals surface area contributed by atoms with Gasteiger partial charge in [-0.25, -0.2) is 0 Å². The van der Waals surface area contributed by atoms with Crippen LogP contribution in [0.5, 0.6) is 11.5 Å². The molecule has 0 unspecified atom stereocenters. The number of likely N-dealkylation sites (N-methyl/N-ethyl adjacent to an activating group) is 1. The number of amides is 1. The lowest BCUT2D eigenvalue weighted by Gasteiger charge is -2.33. The Morgan fingerprint density at radius 3 is 2.48 bits per heavy atom. The van der Waals surface area contributed by atoms with E-state index in [1.54, 1.807) is 38.5 Å². The van der Waals surface area contributed by atoms with Gasteiger partial charge in [0.1, 0.15) is 0 Å². The molecule has 0 spiro atoms. The summed E-state index contributed by atoms with van der Waals surface area (Å²) in [5.41, 5.74) is 0.799. The van der Waals surface area contributed by atoms with Gasteiger partial charge in [-0.15, -0.1) is 0 Å². The van der Waals surface area contributed by atoms with Crippen molar-refractivity contribution in [3.05, 3.63) is 28.8 Å². The Labute approximate surface area is 142 Å². The molecule has 0 aromatic heterocycles. The van der Waals surface area contributed by atoms with Crippen molar-refractivity contribution in [2.24, 2.45) is 0 Å². The molecular weight excluding hydrogens is 316 g/mol. The Balaban J connectivity index is 2.05. The van der Waals surface area contributed by atoms with Gasteiger partial charge in [-0.2, -0.15) is 0 Å². The van der Waals surface area contributed by atoms with Gasteiger partial charge in [-0.3, -0.25) is 4.79 Å². The number of hydrogen-bond acceptors (Lipinski definition) is 4. The van der Waals surface area contributed by atoms with E-state index in [1.165, 1.54) is 0 Å². The Bertz CT molecular complexity index is 581. The molecular formula is C17H23ClN2O3. The summed E-state index contributed by atoms with van der Waals surface area (Å²) < 4.78 is 10.5. The van der Waals surface area contributed by atoms with Crippen molar-refractivity contribution < 1.29 is 14.3 Å². The van der Waals surface area contributed by atoms with Gasteiger partial charge in [0.05, 0.1) is 19.2 Å². The van der Waals surface area contributed by atoms with E-state index in [-0.39, 0.29) is 5.91 Å². The second kappa shape index (κ2) is 8.22. The molecule has 1 aliphatic heterocycles. The second-order valence-electron chi connectivity index (χ2n) is 5.33. The van der Waals surface area contributed by atoms with Crippen LogP contribution in [0.4, 0.5) is 0 Å². The van der Waals surface area contributed by atoms with Crippen LogP contribution in [0.15, 0.2) is 18.2 Å². The maximum atomic E-state index is 12.3. The third-order valence-corrected chi connectivity index (χ3v) is 4.29. The molecule has 126 valence electrons. The average molecular weight is 339 g/mol. The largest absolute Gasteiger partial charge is 0.493 e. The molecule has 5 nitrogen and oxygen atoms in total. The van der Waals surface area contributed by atoms with Gasteiger partial charge in [-0.05, 0) is 30.3 Å². The highest BCUT2D eigenvalue weighted by Crippen LogP contribution is 2.36. The van der Waals surface area contributed by atoms with Crippen LogP contribution in [0.2, 0.25) is 5.02 Å². The maximum absolute atomic E-state index is 12.3. The van der Waals surface area contributed by atoms with E-state index in [9.17, 15) is 4.79 Å². The minimum atomic E-state index is 0.0201. The smallest absolute Gasteiger partial charge is 0.246 e. The monoisotopic (exact) mass is 338 g/mol. The SMILES string of the molecule is CCN1CCN(C(=O)C=Cc2cc(Cl)c(OC)c(OC)c2)CC1. The Kier molecular flexibility index (Phi) is 6.30. The van der Waals surface area contributed by atoms with Gasteiger partial charge in [0, 0.05) is 32.3 Å². The first kappa shape index (κ1) is 17.6. The zero-order valence-corrected chi connectivity index (χ0v) is 14.6. The van der Waals surface area contributed by atoms with Crippen LogP contribution < -0.4 is 9.47 Å². The molecule has 1 heterocycles. The lowest BCUT2D eigenvalue weighted by atomic mass is 10.1. The summed E-state index contributed by atoms with van der Waals surface area (Å²) in [6, 6.07) is 3.55. The van der Waals surface area contributed by atoms with Crippen LogP contribution in [0.3, 0.4) is 0 Å². The fourth-order valence-electron chi connectivity index (χ4n) is 2.59. The minimum absolute atomic E-state index is 0.0201. The van der Waals surface area contributed by atoms with E-state index in [4.69, 9.17) is 21.1 Å². The van der Waals surface area contributed by atoms with Crippen molar-refractivity contribution in [3.63, 3.8) is 0 Å². The Morgan fingerprint density at radius 1 is 1.22 bits per heavy atom. The van der Waals surface area contributed by atoms with Gasteiger partial charge >= 0.3 is 0 Å². The first-order valence-electron chi connectivity index (χ1n) is 7.70. The van der Waals surface area contributed by atoms with Gasteiger partial charge in [0.2, 0.25) is 5.91 Å². The van der Waals surface area contributed by atoms with Gasteiger partial charge in [0.25, 0.3) is 0 Å². The summed E-state index contributed by atoms with van der Waals surface area (Å²) in [7, 11) is 3.10. The standard InChI is InChI=1S/C17H23ClN2O3/c1-4-19-7-9-20(10-8-19)16(21)6-5-13-11-14(18)17(23-3)15(12-13)22-2/h5-6,11-12H,4,7-10H2,1-3H3. The van der Waals surface area contributed by atoms with Gasteiger partial charge in [-0.1, -0.05) is 18.5 Å². The van der Waals surface area contributed by atoms with Crippen LogP contribution >= 0.6 is 11.6 Å². The van der Waals surface area contributed by atoms with E-state index in [2.05, 4.69) is 11.8 Å². The summed E-state index contributed by atoms with van der Waals surface area (Å²) >= 11 is 6.17. The molecule has 6 heteroatoms. The number of carbonyl (C=O) groups excluding carboxylic acids is 1. The fraction of sp³-hybridized carbons (Fsp3) is 0.471. The predicted molar refractivity (Wildman–Crippen MR) is 92.3 cm³/mol. The molecule has 1 amide bonds. The van der Waals surface area contributed by atoms with Crippen molar-refractivity contribution in [3.8, 4) is 11.5 Å². The fourth-order valence-corrected chi connectivity index (χ4v) is 2.89. The van der Waals surface area contributed by atoms with Crippen LogP contribution in [0, 0.1) is 0 Å². The zero-order valence-electron chi connectivity index (χ0n) is 13.8. The summed E-state index contributed by atoms with van der Waals surface area (Å²) in [4.78, 5) is 16.5. The summed E-state index contributed by atoms with van der Waals surface area (Å²) in [6.45, 7) is 6.56. The zero-order chi connectivity index (χ0) is 16.8. The Hall–Kier alpha value is -1.72. The normalized spacial score (nSPS) is 15.9. The first-order chi connectivity index (χ1) is 11.1. The summed E-state index contributed by atoms with van der Waals surface area (Å²) in [5, 5.41) is 0.454. The molecule has 0 radical (unpaired) electrons. The number of hydrogen-bond donors (Lipinski definition) is 0. The number of methoxy groups -OCH3 is 2. The molecule has 1 fully saturated rings. The predicted octanol–water partition coefficient (Wildman–Crippen LogP) is 2.53. The topological polar surface area (TPSA) is 42.0 Å². The van der Waals surface area contributed by atoms with Crippen molar-refractivity contribution in [1.82, 2.24) is 9.80 Å². The molecule has 1 saturated heterocycles.